The van der Waals surface area contributed by atoms with Gasteiger partial charge < -0.3 is 14.2 Å². The van der Waals surface area contributed by atoms with E-state index in [1.165, 1.54) is 0 Å². The molecular weight excluding hydrogens is 364 g/mol. The number of esters is 1. The topological polar surface area (TPSA) is 44.8 Å². The van der Waals surface area contributed by atoms with Gasteiger partial charge in [0.25, 0.3) is 0 Å². The van der Waals surface area contributed by atoms with Crippen LogP contribution in [0.4, 0.5) is 0 Å². The summed E-state index contributed by atoms with van der Waals surface area (Å²) in [5.74, 6) is 0.899. The zero-order valence-corrected chi connectivity index (χ0v) is 16.5. The Hall–Kier alpha value is -3.27. The fourth-order valence-electron chi connectivity index (χ4n) is 4.24. The van der Waals surface area contributed by atoms with Gasteiger partial charge in [-0.3, -0.25) is 0 Å². The zero-order chi connectivity index (χ0) is 20.0. The van der Waals surface area contributed by atoms with Gasteiger partial charge in [0.1, 0.15) is 5.60 Å². The molecule has 29 heavy (non-hydrogen) atoms. The van der Waals surface area contributed by atoms with Crippen molar-refractivity contribution >= 4 is 5.97 Å². The van der Waals surface area contributed by atoms with Gasteiger partial charge >= 0.3 is 5.97 Å². The fourth-order valence-corrected chi connectivity index (χ4v) is 4.24. The molecule has 0 fully saturated rings. The number of ether oxygens (including phenoxy) is 3. The van der Waals surface area contributed by atoms with Crippen molar-refractivity contribution in [2.24, 2.45) is 0 Å². The Morgan fingerprint density at radius 1 is 0.966 bits per heavy atom. The maximum Gasteiger partial charge on any atom is 0.345 e. The number of rotatable bonds is 4. The molecule has 3 aromatic carbocycles. The third-order valence-electron chi connectivity index (χ3n) is 5.43. The summed E-state index contributed by atoms with van der Waals surface area (Å²) in [6, 6.07) is 21.9. The van der Waals surface area contributed by atoms with Crippen LogP contribution in [-0.4, -0.2) is 18.2 Å². The van der Waals surface area contributed by atoms with E-state index >= 15 is 0 Å². The molecular formula is C25H22O4. The maximum atomic E-state index is 12.6. The molecule has 0 atom stereocenters. The first-order chi connectivity index (χ1) is 14.0. The minimum atomic E-state index is -0.407. The molecule has 4 nitrogen and oxygen atoms in total. The Balaban J connectivity index is 1.33. The van der Waals surface area contributed by atoms with Crippen LogP contribution >= 0.6 is 0 Å². The van der Waals surface area contributed by atoms with Crippen molar-refractivity contribution in [3.63, 3.8) is 0 Å². The summed E-state index contributed by atoms with van der Waals surface area (Å²) in [7, 11) is 0. The Kier molecular flexibility index (Phi) is 4.09. The van der Waals surface area contributed by atoms with Crippen LogP contribution in [-0.2, 0) is 16.0 Å². The Morgan fingerprint density at radius 2 is 1.62 bits per heavy atom. The molecule has 3 aromatic rings. The van der Waals surface area contributed by atoms with E-state index < -0.39 is 12.1 Å². The average Bonchev–Trinajstić information content (AvgIpc) is 3.20. The lowest BCUT2D eigenvalue weighted by molar-refractivity contribution is -0.149. The molecule has 0 saturated heterocycles. The number of hydrogen-bond donors (Lipinski definition) is 0. The highest BCUT2D eigenvalue weighted by atomic mass is 16.6. The average molecular weight is 386 g/mol. The van der Waals surface area contributed by atoms with Gasteiger partial charge in [-0.1, -0.05) is 60.7 Å². The molecule has 1 aliphatic carbocycles. The molecule has 0 amide bonds. The summed E-state index contributed by atoms with van der Waals surface area (Å²) in [6.45, 7) is 3.92. The summed E-state index contributed by atoms with van der Waals surface area (Å²) in [4.78, 5) is 12.6. The van der Waals surface area contributed by atoms with Crippen LogP contribution in [0.2, 0.25) is 0 Å². The first-order valence-corrected chi connectivity index (χ1v) is 9.83. The van der Waals surface area contributed by atoms with Gasteiger partial charge in [0.05, 0.1) is 0 Å². The van der Waals surface area contributed by atoms with Crippen LogP contribution in [0.1, 0.15) is 36.6 Å². The summed E-state index contributed by atoms with van der Waals surface area (Å²) >= 11 is 0. The predicted molar refractivity (Wildman–Crippen MR) is 110 cm³/mol. The Bertz CT molecular complexity index is 1050. The number of fused-ring (bicyclic) bond motifs is 4. The fraction of sp³-hybridized carbons (Fsp3) is 0.240. The first-order valence-electron chi connectivity index (χ1n) is 9.83. The van der Waals surface area contributed by atoms with E-state index in [1.54, 1.807) is 0 Å². The number of carbonyl (C=O) groups excluding carboxylic acids is 1. The normalized spacial score (nSPS) is 15.8. The third-order valence-corrected chi connectivity index (χ3v) is 5.43. The van der Waals surface area contributed by atoms with Crippen LogP contribution in [0, 0.1) is 0 Å². The predicted octanol–water partition coefficient (Wildman–Crippen LogP) is 5.09. The number of carbonyl (C=O) groups is 1. The van der Waals surface area contributed by atoms with Gasteiger partial charge in [0.2, 0.25) is 0 Å². The molecule has 5 rings (SSSR count). The van der Waals surface area contributed by atoms with Crippen molar-refractivity contribution in [2.75, 3.05) is 6.61 Å². The summed E-state index contributed by atoms with van der Waals surface area (Å²) in [5, 5.41) is 0. The van der Waals surface area contributed by atoms with Gasteiger partial charge in [-0.2, -0.15) is 0 Å². The quantitative estimate of drug-likeness (QED) is 0.586. The number of benzene rings is 3. The van der Waals surface area contributed by atoms with E-state index in [4.69, 9.17) is 14.2 Å². The maximum absolute atomic E-state index is 12.6. The van der Waals surface area contributed by atoms with Crippen LogP contribution in [0.25, 0.3) is 11.1 Å². The van der Waals surface area contributed by atoms with E-state index in [0.717, 1.165) is 40.0 Å². The molecule has 1 aliphatic heterocycles. The molecule has 0 radical (unpaired) electrons. The molecule has 2 aliphatic rings. The van der Waals surface area contributed by atoms with Gasteiger partial charge in [0, 0.05) is 23.1 Å². The molecule has 146 valence electrons. The number of hydrogen-bond acceptors (Lipinski definition) is 4. The third kappa shape index (κ3) is 3.15. The van der Waals surface area contributed by atoms with Crippen molar-refractivity contribution < 1.29 is 19.0 Å². The monoisotopic (exact) mass is 386 g/mol. The molecule has 0 saturated carbocycles. The largest absolute Gasteiger partial charge is 0.483 e. The number of para-hydroxylation sites is 1. The van der Waals surface area contributed by atoms with E-state index in [1.807, 2.05) is 68.4 Å². The van der Waals surface area contributed by atoms with Crippen LogP contribution < -0.4 is 9.47 Å². The van der Waals surface area contributed by atoms with Crippen molar-refractivity contribution in [2.45, 2.75) is 32.0 Å². The lowest BCUT2D eigenvalue weighted by Gasteiger charge is -2.18. The van der Waals surface area contributed by atoms with Crippen molar-refractivity contribution in [1.29, 1.82) is 0 Å². The lowest BCUT2D eigenvalue weighted by Crippen LogP contribution is -2.25. The van der Waals surface area contributed by atoms with E-state index in [9.17, 15) is 4.79 Å². The lowest BCUT2D eigenvalue weighted by atomic mass is 10.0. The first kappa shape index (κ1) is 17.8. The second-order valence-corrected chi connectivity index (χ2v) is 8.12. The van der Waals surface area contributed by atoms with Crippen molar-refractivity contribution in [3.8, 4) is 22.6 Å². The van der Waals surface area contributed by atoms with Crippen LogP contribution in [0.15, 0.2) is 66.7 Å². The zero-order valence-electron chi connectivity index (χ0n) is 16.5. The smallest absolute Gasteiger partial charge is 0.345 e. The standard InChI is InChI=1S/C25H22O4/c1-25(2)14-16-8-7-13-21(23(16)29-25)27-15-22(26)28-24-19-11-5-3-9-17(19)18-10-4-6-12-20(18)24/h3-13,24H,14-15H2,1-2H3. The highest BCUT2D eigenvalue weighted by molar-refractivity contribution is 5.80. The second kappa shape index (κ2) is 6.66. The minimum Gasteiger partial charge on any atom is -0.483 e. The summed E-state index contributed by atoms with van der Waals surface area (Å²) in [5.41, 5.74) is 5.07. The van der Waals surface area contributed by atoms with Crippen LogP contribution in [0.5, 0.6) is 11.5 Å². The van der Waals surface area contributed by atoms with E-state index in [-0.39, 0.29) is 12.2 Å². The van der Waals surface area contributed by atoms with Gasteiger partial charge in [-0.15, -0.1) is 0 Å². The second-order valence-electron chi connectivity index (χ2n) is 8.12. The molecule has 4 heteroatoms. The molecule has 0 spiro atoms. The summed E-state index contributed by atoms with van der Waals surface area (Å²) < 4.78 is 17.6. The molecule has 0 aromatic heterocycles. The van der Waals surface area contributed by atoms with Crippen molar-refractivity contribution in [1.82, 2.24) is 0 Å². The van der Waals surface area contributed by atoms with Crippen LogP contribution in [0.3, 0.4) is 0 Å². The van der Waals surface area contributed by atoms with Gasteiger partial charge in [0.15, 0.2) is 24.2 Å². The summed E-state index contributed by atoms with van der Waals surface area (Å²) in [6.07, 6.45) is 0.412. The Morgan fingerprint density at radius 3 is 2.31 bits per heavy atom. The van der Waals surface area contributed by atoms with Gasteiger partial charge in [-0.05, 0) is 31.0 Å². The molecule has 0 unspecified atom stereocenters. The van der Waals surface area contributed by atoms with E-state index in [2.05, 4.69) is 12.1 Å². The van der Waals surface area contributed by atoms with E-state index in [0.29, 0.717) is 5.75 Å². The molecule has 1 heterocycles. The highest BCUT2D eigenvalue weighted by Gasteiger charge is 2.33. The van der Waals surface area contributed by atoms with Crippen molar-refractivity contribution in [3.05, 3.63) is 83.4 Å². The Labute approximate surface area is 170 Å². The molecule has 0 N–H and O–H groups in total. The highest BCUT2D eigenvalue weighted by Crippen LogP contribution is 2.45. The molecule has 0 bridgehead atoms. The van der Waals surface area contributed by atoms with Gasteiger partial charge in [-0.25, -0.2) is 4.79 Å². The SMILES string of the molecule is CC1(C)Cc2cccc(OCC(=O)OC3c4ccccc4-c4ccccc43)c2O1. The minimum absolute atomic E-state index is 0.166.